The van der Waals surface area contributed by atoms with Crippen molar-refractivity contribution in [2.24, 2.45) is 5.73 Å². The molecule has 0 aromatic heterocycles. The van der Waals surface area contributed by atoms with Gasteiger partial charge in [-0.25, -0.2) is 0 Å². The third-order valence-corrected chi connectivity index (χ3v) is 4.11. The van der Waals surface area contributed by atoms with Crippen molar-refractivity contribution in [2.45, 2.75) is 31.4 Å². The smallest absolute Gasteiger partial charge is 0.167 e. The number of nitrogens with zero attached hydrogens (tertiary/aromatic N) is 1. The molecule has 2 N–H and O–H groups in total. The highest BCUT2D eigenvalue weighted by atomic mass is 16.6. The van der Waals surface area contributed by atoms with Crippen LogP contribution in [0.5, 0.6) is 0 Å². The fourth-order valence-electron chi connectivity index (χ4n) is 2.88. The summed E-state index contributed by atoms with van der Waals surface area (Å²) in [5.41, 5.74) is 5.91. The molecule has 5 heteroatoms. The number of piperidine rings is 1. The Morgan fingerprint density at radius 1 is 1.25 bits per heavy atom. The average Bonchev–Trinajstić information content (AvgIpc) is 2.49. The fraction of sp³-hybridized carbons (Fsp3) is 0.733. The molecule has 5 nitrogen and oxygen atoms in total. The van der Waals surface area contributed by atoms with Gasteiger partial charge in [-0.2, -0.15) is 0 Å². The molecular formula is C15H24N2O3. The van der Waals surface area contributed by atoms with E-state index in [1.165, 1.54) is 0 Å². The van der Waals surface area contributed by atoms with Gasteiger partial charge in [-0.15, -0.1) is 0 Å². The number of nitrogens with two attached hydrogens (primary N) is 1. The molecule has 1 atom stereocenters. The molecule has 0 aromatic rings. The molecule has 0 bridgehead atoms. The number of hydrogen-bond acceptors (Lipinski definition) is 5. The number of allylic oxidation sites excluding steroid dienone is 1. The molecule has 0 aromatic carbocycles. The highest BCUT2D eigenvalue weighted by Crippen LogP contribution is 2.26. The summed E-state index contributed by atoms with van der Waals surface area (Å²) in [5.74, 6) is 1.72. The van der Waals surface area contributed by atoms with Crippen LogP contribution in [-0.4, -0.2) is 56.5 Å². The Bertz CT molecular complexity index is 387. The predicted octanol–water partition coefficient (Wildman–Crippen LogP) is 1.01. The van der Waals surface area contributed by atoms with Gasteiger partial charge in [0.25, 0.3) is 0 Å². The zero-order valence-corrected chi connectivity index (χ0v) is 11.9. The molecule has 20 heavy (non-hydrogen) atoms. The van der Waals surface area contributed by atoms with Crippen LogP contribution in [0.2, 0.25) is 0 Å². The van der Waals surface area contributed by atoms with Crippen LogP contribution >= 0.6 is 0 Å². The first-order chi connectivity index (χ1) is 9.83. The van der Waals surface area contributed by atoms with Crippen molar-refractivity contribution in [2.75, 3.05) is 39.5 Å². The minimum absolute atomic E-state index is 0.0161. The van der Waals surface area contributed by atoms with Crippen molar-refractivity contribution in [1.82, 2.24) is 4.90 Å². The minimum atomic E-state index is 0.0161. The van der Waals surface area contributed by atoms with Crippen LogP contribution < -0.4 is 5.73 Å². The van der Waals surface area contributed by atoms with E-state index in [1.54, 1.807) is 0 Å². The van der Waals surface area contributed by atoms with Crippen LogP contribution in [0.4, 0.5) is 0 Å². The van der Waals surface area contributed by atoms with E-state index in [1.807, 2.05) is 6.08 Å². The van der Waals surface area contributed by atoms with Gasteiger partial charge in [0.15, 0.2) is 11.5 Å². The van der Waals surface area contributed by atoms with Crippen LogP contribution in [0.3, 0.4) is 0 Å². The van der Waals surface area contributed by atoms with E-state index in [-0.39, 0.29) is 6.10 Å². The van der Waals surface area contributed by atoms with Crippen LogP contribution in [0, 0.1) is 0 Å². The second kappa shape index (κ2) is 6.61. The zero-order chi connectivity index (χ0) is 13.8. The number of likely N-dealkylation sites (tertiary alicyclic amines) is 1. The summed E-state index contributed by atoms with van der Waals surface area (Å²) in [5, 5.41) is 0. The molecule has 0 saturated carbocycles. The first-order valence-corrected chi connectivity index (χ1v) is 7.59. The van der Waals surface area contributed by atoms with Crippen molar-refractivity contribution in [3.63, 3.8) is 0 Å². The second-order valence-electron chi connectivity index (χ2n) is 5.60. The lowest BCUT2D eigenvalue weighted by Gasteiger charge is -2.31. The molecule has 0 amide bonds. The maximum atomic E-state index is 5.99. The Hall–Kier alpha value is -1.04. The van der Waals surface area contributed by atoms with Crippen molar-refractivity contribution in [1.29, 1.82) is 0 Å². The molecule has 3 rings (SSSR count). The zero-order valence-electron chi connectivity index (χ0n) is 11.9. The average molecular weight is 280 g/mol. The quantitative estimate of drug-likeness (QED) is 0.833. The molecule has 2 aliphatic heterocycles. The van der Waals surface area contributed by atoms with Crippen LogP contribution in [-0.2, 0) is 14.2 Å². The van der Waals surface area contributed by atoms with Gasteiger partial charge in [0.05, 0.1) is 6.61 Å². The summed E-state index contributed by atoms with van der Waals surface area (Å²) >= 11 is 0. The van der Waals surface area contributed by atoms with Crippen molar-refractivity contribution >= 4 is 0 Å². The SMILES string of the molecule is NC1CCN(CCOC2CC=CC3=C2OCCO3)CC1. The fourth-order valence-corrected chi connectivity index (χ4v) is 2.88. The van der Waals surface area contributed by atoms with Crippen molar-refractivity contribution < 1.29 is 14.2 Å². The van der Waals surface area contributed by atoms with Crippen LogP contribution in [0.15, 0.2) is 23.7 Å². The van der Waals surface area contributed by atoms with E-state index in [2.05, 4.69) is 11.0 Å². The van der Waals surface area contributed by atoms with Crippen molar-refractivity contribution in [3.8, 4) is 0 Å². The minimum Gasteiger partial charge on any atom is -0.488 e. The summed E-state index contributed by atoms with van der Waals surface area (Å²) in [7, 11) is 0. The van der Waals surface area contributed by atoms with E-state index >= 15 is 0 Å². The third-order valence-electron chi connectivity index (χ3n) is 4.11. The van der Waals surface area contributed by atoms with Gasteiger partial charge in [-0.3, -0.25) is 0 Å². The molecule has 112 valence electrons. The molecule has 0 radical (unpaired) electrons. The van der Waals surface area contributed by atoms with E-state index < -0.39 is 0 Å². The summed E-state index contributed by atoms with van der Waals surface area (Å²) < 4.78 is 17.3. The first-order valence-electron chi connectivity index (χ1n) is 7.59. The molecule has 1 unspecified atom stereocenters. The maximum absolute atomic E-state index is 5.99. The molecule has 1 fully saturated rings. The Labute approximate surface area is 120 Å². The van der Waals surface area contributed by atoms with Gasteiger partial charge in [-0.05, 0) is 38.4 Å². The maximum Gasteiger partial charge on any atom is 0.167 e. The number of hydrogen-bond donors (Lipinski definition) is 1. The Morgan fingerprint density at radius 3 is 2.90 bits per heavy atom. The largest absolute Gasteiger partial charge is 0.488 e. The Morgan fingerprint density at radius 2 is 2.05 bits per heavy atom. The lowest BCUT2D eigenvalue weighted by molar-refractivity contribution is -0.0174. The Kier molecular flexibility index (Phi) is 4.60. The summed E-state index contributed by atoms with van der Waals surface area (Å²) in [4.78, 5) is 2.43. The lowest BCUT2D eigenvalue weighted by atomic mass is 10.1. The van der Waals surface area contributed by atoms with Crippen molar-refractivity contribution in [3.05, 3.63) is 23.7 Å². The van der Waals surface area contributed by atoms with Crippen LogP contribution in [0.25, 0.3) is 0 Å². The highest BCUT2D eigenvalue weighted by molar-refractivity contribution is 5.25. The molecule has 0 spiro atoms. The van der Waals surface area contributed by atoms with Gasteiger partial charge < -0.3 is 24.8 Å². The second-order valence-corrected chi connectivity index (χ2v) is 5.60. The normalized spacial score (nSPS) is 27.9. The highest BCUT2D eigenvalue weighted by Gasteiger charge is 2.26. The third kappa shape index (κ3) is 3.34. The van der Waals surface area contributed by atoms with Gasteiger partial charge in [0.1, 0.15) is 19.3 Å². The standard InChI is InChI=1S/C15H24N2O3/c16-12-4-6-17(7-5-12)8-9-18-13-2-1-3-14-15(13)20-11-10-19-14/h1,3,12-13H,2,4-11,16H2. The molecule has 3 aliphatic rings. The number of rotatable bonds is 4. The summed E-state index contributed by atoms with van der Waals surface area (Å²) in [6.45, 7) is 5.12. The monoisotopic (exact) mass is 280 g/mol. The van der Waals surface area contributed by atoms with E-state index in [0.717, 1.165) is 57.0 Å². The van der Waals surface area contributed by atoms with Gasteiger partial charge >= 0.3 is 0 Å². The first kappa shape index (κ1) is 13.9. The summed E-state index contributed by atoms with van der Waals surface area (Å²) in [6, 6.07) is 0.385. The van der Waals surface area contributed by atoms with E-state index in [0.29, 0.717) is 19.3 Å². The lowest BCUT2D eigenvalue weighted by Crippen LogP contribution is -2.41. The molecular weight excluding hydrogens is 256 g/mol. The van der Waals surface area contributed by atoms with Gasteiger partial charge in [0.2, 0.25) is 0 Å². The topological polar surface area (TPSA) is 57.0 Å². The molecule has 2 heterocycles. The predicted molar refractivity (Wildman–Crippen MR) is 76.1 cm³/mol. The van der Waals surface area contributed by atoms with Crippen LogP contribution in [0.1, 0.15) is 19.3 Å². The van der Waals surface area contributed by atoms with E-state index in [4.69, 9.17) is 19.9 Å². The van der Waals surface area contributed by atoms with E-state index in [9.17, 15) is 0 Å². The van der Waals surface area contributed by atoms with Gasteiger partial charge in [0, 0.05) is 12.6 Å². The summed E-state index contributed by atoms with van der Waals surface area (Å²) in [6.07, 6.45) is 7.16. The number of ether oxygens (including phenoxy) is 3. The molecule has 1 saturated heterocycles. The molecule has 1 aliphatic carbocycles. The Balaban J connectivity index is 1.44. The van der Waals surface area contributed by atoms with Gasteiger partial charge in [-0.1, -0.05) is 6.08 Å².